The number of nitrogens with zero attached hydrogens (tertiary/aromatic N) is 6. The molecule has 39 heavy (non-hydrogen) atoms. The van der Waals surface area contributed by atoms with E-state index >= 15 is 0 Å². The van der Waals surface area contributed by atoms with Crippen LogP contribution in [0.2, 0.25) is 5.02 Å². The van der Waals surface area contributed by atoms with Crippen molar-refractivity contribution in [3.8, 4) is 0 Å². The number of anilines is 2. The molecule has 2 aromatic heterocycles. The van der Waals surface area contributed by atoms with E-state index in [4.69, 9.17) is 16.6 Å². The molecular weight excluding hydrogens is 525 g/mol. The van der Waals surface area contributed by atoms with Crippen LogP contribution in [0.15, 0.2) is 36.7 Å². The molecule has 0 radical (unpaired) electrons. The van der Waals surface area contributed by atoms with E-state index in [1.165, 1.54) is 17.0 Å². The second-order valence-corrected chi connectivity index (χ2v) is 11.8. The smallest absolute Gasteiger partial charge is 0.407 e. The minimum Gasteiger partial charge on any atom is -0.465 e. The summed E-state index contributed by atoms with van der Waals surface area (Å²) >= 11 is 6.42. The molecule has 2 aliphatic heterocycles. The standard InChI is InChI=1S/C27H33ClFN7O3/c1-26(2,3)27(4)16-33(12-13-35(27)25(38)39)24(37)31-20-15-30-36-11-9-22(32-23(20)36)34-10-5-6-21(34)18-14-17(29)7-8-19(18)28/h7-9,11,14-15,21H,5-6,10,12-13,16H2,1-4H3,(H,31,37)(H,38,39). The topological polar surface area (TPSA) is 106 Å². The Balaban J connectivity index is 1.39. The van der Waals surface area contributed by atoms with Crippen LogP contribution in [0.5, 0.6) is 0 Å². The summed E-state index contributed by atoms with van der Waals surface area (Å²) < 4.78 is 15.6. The fourth-order valence-electron chi connectivity index (χ4n) is 5.56. The Bertz CT molecular complexity index is 1420. The lowest BCUT2D eigenvalue weighted by Gasteiger charge is -2.54. The molecule has 5 rings (SSSR count). The van der Waals surface area contributed by atoms with E-state index in [1.807, 2.05) is 33.8 Å². The number of hydrogen-bond donors (Lipinski definition) is 2. The van der Waals surface area contributed by atoms with Crippen LogP contribution in [0.25, 0.3) is 5.65 Å². The molecule has 3 aromatic rings. The summed E-state index contributed by atoms with van der Waals surface area (Å²) in [6.07, 6.45) is 4.05. The van der Waals surface area contributed by atoms with Gasteiger partial charge in [-0.2, -0.15) is 5.10 Å². The van der Waals surface area contributed by atoms with Crippen molar-refractivity contribution in [2.45, 2.75) is 52.1 Å². The first-order chi connectivity index (χ1) is 18.4. The quantitative estimate of drug-likeness (QED) is 0.441. The van der Waals surface area contributed by atoms with Gasteiger partial charge in [-0.3, -0.25) is 4.90 Å². The van der Waals surface area contributed by atoms with Gasteiger partial charge in [-0.1, -0.05) is 32.4 Å². The lowest BCUT2D eigenvalue weighted by Crippen LogP contribution is -2.68. The highest BCUT2D eigenvalue weighted by Crippen LogP contribution is 2.40. The number of amides is 3. The summed E-state index contributed by atoms with van der Waals surface area (Å²) in [5.74, 6) is 0.342. The summed E-state index contributed by atoms with van der Waals surface area (Å²) in [7, 11) is 0. The number of aromatic nitrogens is 3. The van der Waals surface area contributed by atoms with Crippen LogP contribution in [-0.4, -0.2) is 73.3 Å². The molecule has 208 valence electrons. The van der Waals surface area contributed by atoms with Crippen LogP contribution in [0.3, 0.4) is 0 Å². The maximum absolute atomic E-state index is 14.0. The molecule has 0 bridgehead atoms. The van der Waals surface area contributed by atoms with E-state index < -0.39 is 17.0 Å². The van der Waals surface area contributed by atoms with E-state index in [1.54, 1.807) is 27.9 Å². The van der Waals surface area contributed by atoms with Crippen molar-refractivity contribution in [1.82, 2.24) is 24.4 Å². The summed E-state index contributed by atoms with van der Waals surface area (Å²) in [6.45, 7) is 9.27. The van der Waals surface area contributed by atoms with Crippen molar-refractivity contribution in [2.24, 2.45) is 5.41 Å². The van der Waals surface area contributed by atoms with Gasteiger partial charge in [-0.25, -0.2) is 23.5 Å². The Morgan fingerprint density at radius 3 is 2.69 bits per heavy atom. The molecule has 2 fully saturated rings. The molecule has 0 spiro atoms. The van der Waals surface area contributed by atoms with Crippen molar-refractivity contribution in [2.75, 3.05) is 36.4 Å². The van der Waals surface area contributed by atoms with Gasteiger partial charge < -0.3 is 20.2 Å². The van der Waals surface area contributed by atoms with Crippen molar-refractivity contribution < 1.29 is 19.1 Å². The molecule has 2 atom stereocenters. The van der Waals surface area contributed by atoms with E-state index in [-0.39, 0.29) is 37.5 Å². The lowest BCUT2D eigenvalue weighted by molar-refractivity contribution is -0.0308. The Labute approximate surface area is 231 Å². The maximum Gasteiger partial charge on any atom is 0.407 e. The number of carbonyl (C=O) groups is 2. The molecule has 2 N–H and O–H groups in total. The molecule has 2 unspecified atom stereocenters. The number of piperazine rings is 1. The molecule has 10 nitrogen and oxygen atoms in total. The molecule has 3 amide bonds. The van der Waals surface area contributed by atoms with Crippen molar-refractivity contribution in [3.05, 3.63) is 53.1 Å². The normalized spacial score (nSPS) is 22.0. The van der Waals surface area contributed by atoms with E-state index in [0.29, 0.717) is 22.2 Å². The van der Waals surface area contributed by atoms with Crippen LogP contribution in [0, 0.1) is 11.2 Å². The monoisotopic (exact) mass is 557 g/mol. The van der Waals surface area contributed by atoms with Gasteiger partial charge in [0.25, 0.3) is 0 Å². The number of urea groups is 1. The highest BCUT2D eigenvalue weighted by atomic mass is 35.5. The number of benzene rings is 1. The minimum absolute atomic E-state index is 0.121. The zero-order chi connectivity index (χ0) is 28.1. The molecule has 0 aliphatic carbocycles. The molecule has 1 aromatic carbocycles. The fraction of sp³-hybridized carbons (Fsp3) is 0.481. The zero-order valence-electron chi connectivity index (χ0n) is 22.5. The third kappa shape index (κ3) is 4.84. The minimum atomic E-state index is -0.994. The number of rotatable bonds is 3. The average Bonchev–Trinajstić information content (AvgIpc) is 3.51. The Morgan fingerprint density at radius 1 is 1.21 bits per heavy atom. The first-order valence-electron chi connectivity index (χ1n) is 13.0. The average molecular weight is 558 g/mol. The van der Waals surface area contributed by atoms with E-state index in [2.05, 4.69) is 15.3 Å². The van der Waals surface area contributed by atoms with Gasteiger partial charge in [0.2, 0.25) is 0 Å². The summed E-state index contributed by atoms with van der Waals surface area (Å²) in [4.78, 5) is 35.3. The first-order valence-corrected chi connectivity index (χ1v) is 13.4. The number of carbonyl (C=O) groups excluding carboxylic acids is 1. The predicted molar refractivity (Wildman–Crippen MR) is 147 cm³/mol. The maximum atomic E-state index is 14.0. The Kier molecular flexibility index (Phi) is 6.82. The van der Waals surface area contributed by atoms with Crippen LogP contribution in [-0.2, 0) is 0 Å². The van der Waals surface area contributed by atoms with E-state index in [9.17, 15) is 19.1 Å². The number of hydrogen-bond acceptors (Lipinski definition) is 5. The van der Waals surface area contributed by atoms with Gasteiger partial charge in [0.1, 0.15) is 17.3 Å². The molecule has 12 heteroatoms. The predicted octanol–water partition coefficient (Wildman–Crippen LogP) is 5.50. The molecule has 4 heterocycles. The van der Waals surface area contributed by atoms with Gasteiger partial charge in [-0.05, 0) is 55.0 Å². The van der Waals surface area contributed by atoms with Gasteiger partial charge in [0, 0.05) is 37.4 Å². The number of fused-ring (bicyclic) bond motifs is 1. The van der Waals surface area contributed by atoms with Gasteiger partial charge in [-0.15, -0.1) is 0 Å². The van der Waals surface area contributed by atoms with Gasteiger partial charge >= 0.3 is 12.1 Å². The third-order valence-electron chi connectivity index (χ3n) is 8.28. The number of nitrogens with one attached hydrogen (secondary N) is 1. The zero-order valence-corrected chi connectivity index (χ0v) is 23.2. The van der Waals surface area contributed by atoms with Gasteiger partial charge in [0.05, 0.1) is 17.8 Å². The molecule has 2 aliphatic rings. The fourth-order valence-corrected chi connectivity index (χ4v) is 5.81. The third-order valence-corrected chi connectivity index (χ3v) is 8.63. The van der Waals surface area contributed by atoms with Crippen LogP contribution < -0.4 is 10.2 Å². The first kappa shape index (κ1) is 27.0. The highest BCUT2D eigenvalue weighted by molar-refractivity contribution is 6.31. The SMILES string of the molecule is CC(C)(C)C1(C)CN(C(=O)Nc2cnn3ccc(N4CCCC4c4cc(F)ccc4Cl)nc23)CCN1C(=O)O. The van der Waals surface area contributed by atoms with Gasteiger partial charge in [0.15, 0.2) is 5.65 Å². The largest absolute Gasteiger partial charge is 0.465 e. The second kappa shape index (κ2) is 9.86. The van der Waals surface area contributed by atoms with Crippen LogP contribution in [0.1, 0.15) is 52.1 Å². The molecular formula is C27H33ClFN7O3. The number of halogens is 2. The molecule has 2 saturated heterocycles. The highest BCUT2D eigenvalue weighted by Gasteiger charge is 2.49. The summed E-state index contributed by atoms with van der Waals surface area (Å²) in [6, 6.07) is 5.78. The van der Waals surface area contributed by atoms with Crippen LogP contribution >= 0.6 is 11.6 Å². The van der Waals surface area contributed by atoms with E-state index in [0.717, 1.165) is 24.9 Å². The van der Waals surface area contributed by atoms with Crippen molar-refractivity contribution in [1.29, 1.82) is 0 Å². The number of carboxylic acid groups (broad SMARTS) is 1. The second-order valence-electron chi connectivity index (χ2n) is 11.4. The summed E-state index contributed by atoms with van der Waals surface area (Å²) in [5.41, 5.74) is 0.464. The van der Waals surface area contributed by atoms with Crippen molar-refractivity contribution >= 4 is 40.9 Å². The summed E-state index contributed by atoms with van der Waals surface area (Å²) in [5, 5.41) is 17.6. The Hall–Kier alpha value is -3.60. The Morgan fingerprint density at radius 2 is 1.97 bits per heavy atom. The van der Waals surface area contributed by atoms with Crippen LogP contribution in [0.4, 0.5) is 25.5 Å². The lowest BCUT2D eigenvalue weighted by atomic mass is 9.72. The molecule has 0 saturated carbocycles. The van der Waals surface area contributed by atoms with Crippen molar-refractivity contribution in [3.63, 3.8) is 0 Å².